The molecule has 116 valence electrons. The fraction of sp³-hybridized carbons (Fsp3) is 0.611. The lowest BCUT2D eigenvalue weighted by molar-refractivity contribution is -0.144. The molecule has 0 spiro atoms. The van der Waals surface area contributed by atoms with Crippen molar-refractivity contribution < 1.29 is 9.53 Å². The third kappa shape index (κ3) is 3.65. The number of methoxy groups -OCH3 is 1. The van der Waals surface area contributed by atoms with Crippen molar-refractivity contribution in [2.24, 2.45) is 5.92 Å². The maximum Gasteiger partial charge on any atom is 0.323 e. The molecule has 1 aromatic rings. The number of fused-ring (bicyclic) bond motifs is 1. The summed E-state index contributed by atoms with van der Waals surface area (Å²) in [6, 6.07) is 6.63. The van der Waals surface area contributed by atoms with Crippen LogP contribution in [0.3, 0.4) is 0 Å². The topological polar surface area (TPSA) is 38.3 Å². The van der Waals surface area contributed by atoms with Gasteiger partial charge in [0.2, 0.25) is 0 Å². The van der Waals surface area contributed by atoms with E-state index in [2.05, 4.69) is 44.3 Å². The Labute approximate surface area is 128 Å². The van der Waals surface area contributed by atoms with Crippen LogP contribution in [0.4, 0.5) is 0 Å². The van der Waals surface area contributed by atoms with Crippen molar-refractivity contribution >= 4 is 5.97 Å². The molecule has 0 heterocycles. The van der Waals surface area contributed by atoms with Crippen LogP contribution >= 0.6 is 0 Å². The molecule has 0 aliphatic heterocycles. The second-order valence-corrected chi connectivity index (χ2v) is 6.16. The molecule has 0 amide bonds. The van der Waals surface area contributed by atoms with Gasteiger partial charge in [-0.1, -0.05) is 38.5 Å². The van der Waals surface area contributed by atoms with E-state index in [0.717, 1.165) is 6.42 Å². The number of aryl methyl sites for hydroxylation is 2. The first-order chi connectivity index (χ1) is 10.1. The zero-order valence-corrected chi connectivity index (χ0v) is 13.6. The number of benzene rings is 1. The van der Waals surface area contributed by atoms with Gasteiger partial charge in [0.25, 0.3) is 0 Å². The van der Waals surface area contributed by atoms with Crippen molar-refractivity contribution in [2.45, 2.75) is 58.5 Å². The monoisotopic (exact) mass is 289 g/mol. The maximum absolute atomic E-state index is 12.0. The van der Waals surface area contributed by atoms with E-state index >= 15 is 0 Å². The number of carbonyl (C=O) groups excluding carboxylic acids is 1. The number of rotatable bonds is 6. The highest BCUT2D eigenvalue weighted by Gasteiger charge is 2.26. The van der Waals surface area contributed by atoms with Gasteiger partial charge >= 0.3 is 5.97 Å². The first kappa shape index (κ1) is 16.0. The average molecular weight is 289 g/mol. The molecular formula is C18H27NO2. The van der Waals surface area contributed by atoms with E-state index in [1.807, 2.05) is 0 Å². The summed E-state index contributed by atoms with van der Waals surface area (Å²) < 4.78 is 4.94. The Morgan fingerprint density at radius 1 is 1.29 bits per heavy atom. The van der Waals surface area contributed by atoms with Gasteiger partial charge in [0, 0.05) is 6.04 Å². The third-order valence-corrected chi connectivity index (χ3v) is 4.72. The zero-order chi connectivity index (χ0) is 15.4. The molecule has 1 aromatic carbocycles. The highest BCUT2D eigenvalue weighted by molar-refractivity contribution is 5.76. The number of carbonyl (C=O) groups is 1. The molecule has 21 heavy (non-hydrogen) atoms. The van der Waals surface area contributed by atoms with Gasteiger partial charge in [0.1, 0.15) is 6.04 Å². The molecule has 3 atom stereocenters. The molecule has 3 unspecified atom stereocenters. The fourth-order valence-electron chi connectivity index (χ4n) is 3.05. The number of ether oxygens (including phenoxy) is 1. The van der Waals surface area contributed by atoms with Crippen molar-refractivity contribution in [3.05, 3.63) is 34.9 Å². The Balaban J connectivity index is 2.11. The van der Waals surface area contributed by atoms with Gasteiger partial charge in [-0.25, -0.2) is 0 Å². The predicted molar refractivity (Wildman–Crippen MR) is 85.3 cm³/mol. The predicted octanol–water partition coefficient (Wildman–Crippen LogP) is 3.41. The molecule has 0 saturated heterocycles. The first-order valence-corrected chi connectivity index (χ1v) is 8.02. The van der Waals surface area contributed by atoms with Crippen LogP contribution in [-0.2, 0) is 22.4 Å². The number of nitrogens with one attached hydrogen (secondary N) is 1. The molecule has 3 nitrogen and oxygen atoms in total. The molecule has 3 heteroatoms. The summed E-state index contributed by atoms with van der Waals surface area (Å²) in [5.41, 5.74) is 4.21. The second kappa shape index (κ2) is 7.08. The maximum atomic E-state index is 12.0. The Morgan fingerprint density at radius 2 is 2.00 bits per heavy atom. The fourth-order valence-corrected chi connectivity index (χ4v) is 3.05. The van der Waals surface area contributed by atoms with Crippen molar-refractivity contribution in [1.82, 2.24) is 5.32 Å². The van der Waals surface area contributed by atoms with Crippen LogP contribution in [-0.4, -0.2) is 19.1 Å². The van der Waals surface area contributed by atoms with Crippen LogP contribution in [0.5, 0.6) is 0 Å². The Bertz CT molecular complexity index is 498. The molecule has 1 N–H and O–H groups in total. The van der Waals surface area contributed by atoms with E-state index in [0.29, 0.717) is 0 Å². The van der Waals surface area contributed by atoms with Crippen molar-refractivity contribution in [2.75, 3.05) is 7.11 Å². The van der Waals surface area contributed by atoms with Crippen LogP contribution in [0.1, 0.15) is 56.3 Å². The molecule has 1 aliphatic carbocycles. The van der Waals surface area contributed by atoms with Crippen molar-refractivity contribution in [1.29, 1.82) is 0 Å². The summed E-state index contributed by atoms with van der Waals surface area (Å²) in [4.78, 5) is 12.0. The second-order valence-electron chi connectivity index (χ2n) is 6.16. The van der Waals surface area contributed by atoms with E-state index in [-0.39, 0.29) is 24.0 Å². The normalized spacial score (nSPS) is 17.9. The summed E-state index contributed by atoms with van der Waals surface area (Å²) in [5, 5.41) is 3.45. The van der Waals surface area contributed by atoms with E-state index < -0.39 is 0 Å². The first-order valence-electron chi connectivity index (χ1n) is 8.02. The number of hydrogen-bond donors (Lipinski definition) is 1. The molecule has 0 fully saturated rings. The lowest BCUT2D eigenvalue weighted by Gasteiger charge is -2.26. The lowest BCUT2D eigenvalue weighted by Crippen LogP contribution is -2.43. The summed E-state index contributed by atoms with van der Waals surface area (Å²) in [6.07, 6.45) is 4.60. The minimum absolute atomic E-state index is 0.147. The molecule has 0 saturated carbocycles. The molecule has 0 radical (unpaired) electrons. The van der Waals surface area contributed by atoms with Crippen LogP contribution in [0.25, 0.3) is 0 Å². The Hall–Kier alpha value is -1.35. The van der Waals surface area contributed by atoms with Crippen LogP contribution in [0.15, 0.2) is 18.2 Å². The van der Waals surface area contributed by atoms with Gasteiger partial charge < -0.3 is 4.74 Å². The average Bonchev–Trinajstić information content (AvgIpc) is 2.98. The zero-order valence-electron chi connectivity index (χ0n) is 13.6. The van der Waals surface area contributed by atoms with Crippen molar-refractivity contribution in [3.8, 4) is 0 Å². The highest BCUT2D eigenvalue weighted by Crippen LogP contribution is 2.26. The van der Waals surface area contributed by atoms with Gasteiger partial charge in [-0.05, 0) is 48.8 Å². The summed E-state index contributed by atoms with van der Waals surface area (Å²) in [5.74, 6) is 0.0895. The lowest BCUT2D eigenvalue weighted by atomic mass is 9.96. The summed E-state index contributed by atoms with van der Waals surface area (Å²) in [7, 11) is 1.46. The Kier molecular flexibility index (Phi) is 5.40. The third-order valence-electron chi connectivity index (χ3n) is 4.72. The minimum atomic E-state index is -0.247. The van der Waals surface area contributed by atoms with Crippen molar-refractivity contribution in [3.63, 3.8) is 0 Å². The molecule has 2 rings (SSSR count). The number of esters is 1. The highest BCUT2D eigenvalue weighted by atomic mass is 16.5. The van der Waals surface area contributed by atoms with E-state index in [1.165, 1.54) is 43.1 Å². The molecule has 0 bridgehead atoms. The van der Waals surface area contributed by atoms with Gasteiger partial charge in [0.05, 0.1) is 7.11 Å². The van der Waals surface area contributed by atoms with Gasteiger partial charge in [-0.3, -0.25) is 10.1 Å². The largest absolute Gasteiger partial charge is 0.468 e. The van der Waals surface area contributed by atoms with Gasteiger partial charge in [0.15, 0.2) is 0 Å². The van der Waals surface area contributed by atoms with Gasteiger partial charge in [-0.15, -0.1) is 0 Å². The quantitative estimate of drug-likeness (QED) is 0.816. The van der Waals surface area contributed by atoms with Gasteiger partial charge in [-0.2, -0.15) is 0 Å². The smallest absolute Gasteiger partial charge is 0.323 e. The van der Waals surface area contributed by atoms with E-state index in [4.69, 9.17) is 4.74 Å². The Morgan fingerprint density at radius 3 is 2.67 bits per heavy atom. The van der Waals surface area contributed by atoms with Crippen LogP contribution in [0, 0.1) is 5.92 Å². The molecular weight excluding hydrogens is 262 g/mol. The van der Waals surface area contributed by atoms with E-state index in [1.54, 1.807) is 0 Å². The standard InChI is InChI=1S/C18H27NO2/c1-5-12(2)17(18(20)21-4)19-13(3)15-10-9-14-7-6-8-16(14)11-15/h9-13,17,19H,5-8H2,1-4H3. The molecule has 1 aliphatic rings. The van der Waals surface area contributed by atoms with E-state index in [9.17, 15) is 4.79 Å². The number of hydrogen-bond acceptors (Lipinski definition) is 3. The molecule has 0 aromatic heterocycles. The summed E-state index contributed by atoms with van der Waals surface area (Å²) >= 11 is 0. The van der Waals surface area contributed by atoms with Crippen LogP contribution < -0.4 is 5.32 Å². The minimum Gasteiger partial charge on any atom is -0.468 e. The van der Waals surface area contributed by atoms with Crippen LogP contribution in [0.2, 0.25) is 0 Å². The summed E-state index contributed by atoms with van der Waals surface area (Å²) in [6.45, 7) is 6.31. The SMILES string of the molecule is CCC(C)C(NC(C)c1ccc2c(c1)CCC2)C(=O)OC.